The highest BCUT2D eigenvalue weighted by atomic mass is 35.5. The van der Waals surface area contributed by atoms with Gasteiger partial charge >= 0.3 is 0 Å². The number of rotatable bonds is 10. The third-order valence-corrected chi connectivity index (χ3v) is 6.01. The Bertz CT molecular complexity index is 963. The third-order valence-electron chi connectivity index (χ3n) is 4.59. The van der Waals surface area contributed by atoms with E-state index in [1.165, 1.54) is 6.07 Å². The van der Waals surface area contributed by atoms with Crippen molar-refractivity contribution in [3.05, 3.63) is 59.1 Å². The molecular formula is C22H29ClN2O4S. The zero-order chi connectivity index (χ0) is 22.3. The Hall–Kier alpha value is -2.25. The molecule has 6 nitrogen and oxygen atoms in total. The van der Waals surface area contributed by atoms with Crippen LogP contribution in [0.1, 0.15) is 38.7 Å². The average molecular weight is 453 g/mol. The smallest absolute Gasteiger partial charge is 0.244 e. The molecule has 1 atom stereocenters. The minimum absolute atomic E-state index is 0.259. The summed E-state index contributed by atoms with van der Waals surface area (Å²) in [5.74, 6) is 0.718. The number of hydrogen-bond donors (Lipinski definition) is 1. The van der Waals surface area contributed by atoms with Crippen LogP contribution in [-0.2, 0) is 14.8 Å². The second-order valence-electron chi connectivity index (χ2n) is 7.29. The zero-order valence-electron chi connectivity index (χ0n) is 17.8. The predicted octanol–water partition coefficient (Wildman–Crippen LogP) is 4.20. The number of halogens is 1. The summed E-state index contributed by atoms with van der Waals surface area (Å²) in [4.78, 5) is 12.8. The first kappa shape index (κ1) is 24.0. The molecule has 0 aromatic heterocycles. The molecule has 2 aromatic carbocycles. The Morgan fingerprint density at radius 2 is 1.87 bits per heavy atom. The minimum atomic E-state index is -3.70. The van der Waals surface area contributed by atoms with Crippen LogP contribution in [0.4, 0.5) is 5.69 Å². The summed E-state index contributed by atoms with van der Waals surface area (Å²) >= 11 is 6.02. The summed E-state index contributed by atoms with van der Waals surface area (Å²) in [6.45, 7) is 6.48. The minimum Gasteiger partial charge on any atom is -0.491 e. The molecule has 0 aliphatic carbocycles. The summed E-state index contributed by atoms with van der Waals surface area (Å²) in [6, 6.07) is 13.4. The van der Waals surface area contributed by atoms with E-state index in [1.54, 1.807) is 25.1 Å². The van der Waals surface area contributed by atoms with E-state index in [9.17, 15) is 13.2 Å². The largest absolute Gasteiger partial charge is 0.491 e. The molecule has 30 heavy (non-hydrogen) atoms. The second-order valence-corrected chi connectivity index (χ2v) is 9.59. The molecule has 0 bridgehead atoms. The molecule has 0 spiro atoms. The van der Waals surface area contributed by atoms with Gasteiger partial charge in [-0.3, -0.25) is 9.10 Å². The fourth-order valence-corrected chi connectivity index (χ4v) is 4.60. The molecule has 164 valence electrons. The van der Waals surface area contributed by atoms with Gasteiger partial charge in [0.25, 0.3) is 0 Å². The normalized spacial score (nSPS) is 12.5. The number of ether oxygens (including phenoxy) is 1. The SMILES string of the molecule is CC[C@H](C(=O)NCCOc1ccccc1C(C)C)N(c1cccc(Cl)c1)S(C)(=O)=O. The van der Waals surface area contributed by atoms with Crippen molar-refractivity contribution in [2.24, 2.45) is 0 Å². The Labute approximate surface area is 184 Å². The van der Waals surface area contributed by atoms with Gasteiger partial charge in [-0.25, -0.2) is 8.42 Å². The topological polar surface area (TPSA) is 75.7 Å². The van der Waals surface area contributed by atoms with Crippen LogP contribution >= 0.6 is 11.6 Å². The molecule has 8 heteroatoms. The molecule has 0 aliphatic heterocycles. The first-order chi connectivity index (χ1) is 14.1. The number of amides is 1. The summed E-state index contributed by atoms with van der Waals surface area (Å²) in [5.41, 5.74) is 1.45. The fraction of sp³-hybridized carbons (Fsp3) is 0.409. The molecule has 1 amide bonds. The molecule has 0 aliphatic rings. The van der Waals surface area contributed by atoms with Crippen molar-refractivity contribution < 1.29 is 17.9 Å². The van der Waals surface area contributed by atoms with E-state index >= 15 is 0 Å². The molecule has 2 rings (SSSR count). The molecule has 1 N–H and O–H groups in total. The summed E-state index contributed by atoms with van der Waals surface area (Å²) in [5, 5.41) is 3.18. The average Bonchev–Trinajstić information content (AvgIpc) is 2.68. The van der Waals surface area contributed by atoms with Gasteiger partial charge < -0.3 is 10.1 Å². The van der Waals surface area contributed by atoms with Crippen molar-refractivity contribution in [2.75, 3.05) is 23.7 Å². The van der Waals surface area contributed by atoms with E-state index in [1.807, 2.05) is 24.3 Å². The summed E-state index contributed by atoms with van der Waals surface area (Å²) in [7, 11) is -3.70. The van der Waals surface area contributed by atoms with E-state index in [2.05, 4.69) is 19.2 Å². The first-order valence-electron chi connectivity index (χ1n) is 9.89. The Morgan fingerprint density at radius 1 is 1.17 bits per heavy atom. The predicted molar refractivity (Wildman–Crippen MR) is 122 cm³/mol. The van der Waals surface area contributed by atoms with Gasteiger partial charge in [-0.15, -0.1) is 0 Å². The lowest BCUT2D eigenvalue weighted by Gasteiger charge is -2.30. The highest BCUT2D eigenvalue weighted by molar-refractivity contribution is 7.92. The number of nitrogens with zero attached hydrogens (tertiary/aromatic N) is 1. The number of para-hydroxylation sites is 1. The fourth-order valence-electron chi connectivity index (χ4n) is 3.22. The number of carbonyl (C=O) groups is 1. The van der Waals surface area contributed by atoms with Crippen LogP contribution in [0, 0.1) is 0 Å². The number of anilines is 1. The molecule has 0 fully saturated rings. The molecule has 0 heterocycles. The number of nitrogens with one attached hydrogen (secondary N) is 1. The first-order valence-corrected chi connectivity index (χ1v) is 12.1. The quantitative estimate of drug-likeness (QED) is 0.548. The highest BCUT2D eigenvalue weighted by Crippen LogP contribution is 2.26. The number of benzene rings is 2. The molecular weight excluding hydrogens is 424 g/mol. The zero-order valence-corrected chi connectivity index (χ0v) is 19.3. The molecule has 0 saturated heterocycles. The van der Waals surface area contributed by atoms with E-state index in [0.717, 1.165) is 21.9 Å². The monoisotopic (exact) mass is 452 g/mol. The van der Waals surface area contributed by atoms with Crippen LogP contribution in [0.3, 0.4) is 0 Å². The van der Waals surface area contributed by atoms with Gasteiger partial charge in [0, 0.05) is 5.02 Å². The Morgan fingerprint density at radius 3 is 2.47 bits per heavy atom. The van der Waals surface area contributed by atoms with Crippen molar-refractivity contribution in [2.45, 2.75) is 39.2 Å². The van der Waals surface area contributed by atoms with E-state index in [0.29, 0.717) is 23.0 Å². The van der Waals surface area contributed by atoms with Crippen LogP contribution in [0.5, 0.6) is 5.75 Å². The van der Waals surface area contributed by atoms with E-state index < -0.39 is 16.1 Å². The second kappa shape index (κ2) is 10.7. The maximum absolute atomic E-state index is 12.8. The summed E-state index contributed by atoms with van der Waals surface area (Å²) in [6.07, 6.45) is 1.39. The lowest BCUT2D eigenvalue weighted by Crippen LogP contribution is -2.50. The lowest BCUT2D eigenvalue weighted by molar-refractivity contribution is -0.122. The van der Waals surface area contributed by atoms with E-state index in [4.69, 9.17) is 16.3 Å². The third kappa shape index (κ3) is 6.37. The molecule has 0 saturated carbocycles. The van der Waals surface area contributed by atoms with Crippen molar-refractivity contribution >= 4 is 33.2 Å². The standard InChI is InChI=1S/C22H29ClN2O4S/c1-5-20(25(30(4,27)28)18-10-8-9-17(23)15-18)22(26)24-13-14-29-21-12-7-6-11-19(21)16(2)3/h6-12,15-16,20H,5,13-14H2,1-4H3,(H,24,26)/t20-/m1/s1. The van der Waals surface area contributed by atoms with Gasteiger partial charge in [0.1, 0.15) is 18.4 Å². The number of carbonyl (C=O) groups excluding carboxylic acids is 1. The van der Waals surface area contributed by atoms with Gasteiger partial charge in [0.05, 0.1) is 18.5 Å². The summed E-state index contributed by atoms with van der Waals surface area (Å²) < 4.78 is 31.8. The maximum Gasteiger partial charge on any atom is 0.244 e. The lowest BCUT2D eigenvalue weighted by atomic mass is 10.0. The highest BCUT2D eigenvalue weighted by Gasteiger charge is 2.31. The van der Waals surface area contributed by atoms with Crippen LogP contribution in [-0.4, -0.2) is 39.8 Å². The van der Waals surface area contributed by atoms with Crippen molar-refractivity contribution in [1.82, 2.24) is 5.32 Å². The van der Waals surface area contributed by atoms with Crippen molar-refractivity contribution in [3.63, 3.8) is 0 Å². The molecule has 2 aromatic rings. The molecule has 0 unspecified atom stereocenters. The number of hydrogen-bond acceptors (Lipinski definition) is 4. The van der Waals surface area contributed by atoms with Gasteiger partial charge in [-0.05, 0) is 42.2 Å². The van der Waals surface area contributed by atoms with Crippen molar-refractivity contribution in [1.29, 1.82) is 0 Å². The van der Waals surface area contributed by atoms with Crippen LogP contribution in [0.2, 0.25) is 5.02 Å². The molecule has 0 radical (unpaired) electrons. The van der Waals surface area contributed by atoms with E-state index in [-0.39, 0.29) is 19.1 Å². The van der Waals surface area contributed by atoms with Gasteiger partial charge in [-0.2, -0.15) is 0 Å². The van der Waals surface area contributed by atoms with Gasteiger partial charge in [-0.1, -0.05) is 56.6 Å². The Balaban J connectivity index is 2.06. The van der Waals surface area contributed by atoms with Crippen LogP contribution in [0.25, 0.3) is 0 Å². The maximum atomic E-state index is 12.8. The van der Waals surface area contributed by atoms with Gasteiger partial charge in [0.15, 0.2) is 0 Å². The van der Waals surface area contributed by atoms with Crippen molar-refractivity contribution in [3.8, 4) is 5.75 Å². The van der Waals surface area contributed by atoms with Crippen LogP contribution < -0.4 is 14.4 Å². The number of sulfonamides is 1. The Kier molecular flexibility index (Phi) is 8.55. The van der Waals surface area contributed by atoms with Gasteiger partial charge in [0.2, 0.25) is 15.9 Å². The van der Waals surface area contributed by atoms with Crippen LogP contribution in [0.15, 0.2) is 48.5 Å².